The second-order valence-electron chi connectivity index (χ2n) is 6.91. The van der Waals surface area contributed by atoms with Gasteiger partial charge < -0.3 is 15.2 Å². The predicted molar refractivity (Wildman–Crippen MR) is 89.6 cm³/mol. The molecule has 0 aliphatic carbocycles. The second kappa shape index (κ2) is 8.56. The highest BCUT2D eigenvalue weighted by molar-refractivity contribution is 5.83. The number of ether oxygens (including phenoxy) is 1. The molecule has 128 valence electrons. The lowest BCUT2D eigenvalue weighted by molar-refractivity contribution is -0.142. The van der Waals surface area contributed by atoms with Gasteiger partial charge in [-0.3, -0.25) is 4.79 Å². The highest BCUT2D eigenvalue weighted by Crippen LogP contribution is 2.21. The average Bonchev–Trinajstić information content (AvgIpc) is 2.48. The summed E-state index contributed by atoms with van der Waals surface area (Å²) in [5, 5.41) is 11.9. The summed E-state index contributed by atoms with van der Waals surface area (Å²) < 4.78 is 5.08. The van der Waals surface area contributed by atoms with Crippen molar-refractivity contribution < 1.29 is 19.4 Å². The molecule has 5 heteroatoms. The molecule has 0 spiro atoms. The summed E-state index contributed by atoms with van der Waals surface area (Å²) in [5.41, 5.74) is 1.06. The number of carbonyl (C=O) groups excluding carboxylic acids is 1. The van der Waals surface area contributed by atoms with Crippen molar-refractivity contribution >= 4 is 11.9 Å². The van der Waals surface area contributed by atoms with Crippen LogP contribution in [0.5, 0.6) is 5.75 Å². The first-order chi connectivity index (χ1) is 10.7. The number of aliphatic carboxylic acids is 1. The number of carboxylic acid groups (broad SMARTS) is 1. The second-order valence-corrected chi connectivity index (χ2v) is 6.91. The fraction of sp³-hybridized carbons (Fsp3) is 0.556. The van der Waals surface area contributed by atoms with Crippen molar-refractivity contribution in [2.24, 2.45) is 5.41 Å². The highest BCUT2D eigenvalue weighted by Gasteiger charge is 2.22. The molecule has 0 aromatic heterocycles. The maximum atomic E-state index is 12.0. The average molecular weight is 321 g/mol. The van der Waals surface area contributed by atoms with Crippen molar-refractivity contribution in [3.05, 3.63) is 29.8 Å². The fourth-order valence-corrected chi connectivity index (χ4v) is 2.15. The Labute approximate surface area is 138 Å². The van der Waals surface area contributed by atoms with Gasteiger partial charge in [0.1, 0.15) is 11.8 Å². The van der Waals surface area contributed by atoms with Gasteiger partial charge in [-0.1, -0.05) is 32.9 Å². The van der Waals surface area contributed by atoms with E-state index in [4.69, 9.17) is 4.74 Å². The Morgan fingerprint density at radius 1 is 1.22 bits per heavy atom. The number of carbonyl (C=O) groups is 2. The third-order valence-electron chi connectivity index (χ3n) is 3.62. The molecular weight excluding hydrogens is 294 g/mol. The van der Waals surface area contributed by atoms with Gasteiger partial charge in [0.05, 0.1) is 7.11 Å². The maximum absolute atomic E-state index is 12.0. The van der Waals surface area contributed by atoms with Gasteiger partial charge in [0.25, 0.3) is 0 Å². The number of amides is 1. The quantitative estimate of drug-likeness (QED) is 0.771. The highest BCUT2D eigenvalue weighted by atomic mass is 16.5. The topological polar surface area (TPSA) is 75.6 Å². The van der Waals surface area contributed by atoms with Crippen LogP contribution < -0.4 is 10.1 Å². The Hall–Kier alpha value is -2.04. The van der Waals surface area contributed by atoms with E-state index in [0.29, 0.717) is 12.8 Å². The van der Waals surface area contributed by atoms with E-state index >= 15 is 0 Å². The largest absolute Gasteiger partial charge is 0.497 e. The number of benzene rings is 1. The van der Waals surface area contributed by atoms with Crippen LogP contribution in [0.4, 0.5) is 0 Å². The van der Waals surface area contributed by atoms with Gasteiger partial charge in [-0.15, -0.1) is 0 Å². The summed E-state index contributed by atoms with van der Waals surface area (Å²) in [4.78, 5) is 23.2. The van der Waals surface area contributed by atoms with Crippen LogP contribution in [-0.2, 0) is 16.0 Å². The summed E-state index contributed by atoms with van der Waals surface area (Å²) in [6.45, 7) is 6.16. The minimum absolute atomic E-state index is 0.0432. The van der Waals surface area contributed by atoms with Crippen LogP contribution in [0.3, 0.4) is 0 Å². The molecular formula is C18H27NO4. The Bertz CT molecular complexity index is 517. The molecule has 0 radical (unpaired) electrons. The van der Waals surface area contributed by atoms with Crippen LogP contribution in [0.15, 0.2) is 24.3 Å². The number of nitrogens with one attached hydrogen (secondary N) is 1. The Morgan fingerprint density at radius 2 is 1.83 bits per heavy atom. The van der Waals surface area contributed by atoms with Gasteiger partial charge in [-0.2, -0.15) is 0 Å². The number of carboxylic acids is 1. The molecule has 0 heterocycles. The first-order valence-corrected chi connectivity index (χ1v) is 7.86. The number of methoxy groups -OCH3 is 1. The molecule has 5 nitrogen and oxygen atoms in total. The van der Waals surface area contributed by atoms with E-state index in [1.54, 1.807) is 7.11 Å². The summed E-state index contributed by atoms with van der Waals surface area (Å²) in [6, 6.07) is 6.67. The zero-order valence-electron chi connectivity index (χ0n) is 14.4. The van der Waals surface area contributed by atoms with Crippen molar-refractivity contribution in [1.29, 1.82) is 0 Å². The lowest BCUT2D eigenvalue weighted by Crippen LogP contribution is -2.41. The minimum atomic E-state index is -0.980. The van der Waals surface area contributed by atoms with Crippen LogP contribution in [0, 0.1) is 5.41 Å². The van der Waals surface area contributed by atoms with E-state index in [2.05, 4.69) is 26.1 Å². The van der Waals surface area contributed by atoms with Gasteiger partial charge in [0.2, 0.25) is 5.91 Å². The predicted octanol–water partition coefficient (Wildman–Crippen LogP) is 3.02. The Balaban J connectivity index is 2.47. The van der Waals surface area contributed by atoms with Crippen molar-refractivity contribution in [3.8, 4) is 5.75 Å². The SMILES string of the molecule is COc1ccc(CCC(=O)NC(CCC(C)(C)C)C(=O)O)cc1. The molecule has 1 unspecified atom stereocenters. The van der Waals surface area contributed by atoms with Crippen LogP contribution in [-0.4, -0.2) is 30.1 Å². The van der Waals surface area contributed by atoms with E-state index in [9.17, 15) is 14.7 Å². The molecule has 0 bridgehead atoms. The number of rotatable bonds is 8. The Morgan fingerprint density at radius 3 is 2.30 bits per heavy atom. The zero-order valence-corrected chi connectivity index (χ0v) is 14.4. The molecule has 2 N–H and O–H groups in total. The third-order valence-corrected chi connectivity index (χ3v) is 3.62. The smallest absolute Gasteiger partial charge is 0.326 e. The van der Waals surface area contributed by atoms with Crippen LogP contribution in [0.25, 0.3) is 0 Å². The number of hydrogen-bond acceptors (Lipinski definition) is 3. The van der Waals surface area contributed by atoms with E-state index in [1.165, 1.54) is 0 Å². The van der Waals surface area contributed by atoms with Crippen molar-refractivity contribution in [2.75, 3.05) is 7.11 Å². The van der Waals surface area contributed by atoms with Crippen LogP contribution in [0.1, 0.15) is 45.6 Å². The van der Waals surface area contributed by atoms with Gasteiger partial charge >= 0.3 is 5.97 Å². The van der Waals surface area contributed by atoms with Crippen molar-refractivity contribution in [2.45, 2.75) is 52.5 Å². The summed E-state index contributed by atoms with van der Waals surface area (Å²) >= 11 is 0. The molecule has 1 rings (SSSR count). The van der Waals surface area contributed by atoms with E-state index in [1.807, 2.05) is 24.3 Å². The maximum Gasteiger partial charge on any atom is 0.326 e. The van der Waals surface area contributed by atoms with Gasteiger partial charge in [0.15, 0.2) is 0 Å². The molecule has 1 amide bonds. The molecule has 0 fully saturated rings. The van der Waals surface area contributed by atoms with Gasteiger partial charge in [0, 0.05) is 6.42 Å². The number of aryl methyl sites for hydroxylation is 1. The zero-order chi connectivity index (χ0) is 17.5. The molecule has 1 aromatic carbocycles. The van der Waals surface area contributed by atoms with Gasteiger partial charge in [-0.05, 0) is 42.4 Å². The summed E-state index contributed by atoms with van der Waals surface area (Å²) in [6.07, 6.45) is 2.02. The lowest BCUT2D eigenvalue weighted by Gasteiger charge is -2.21. The fourth-order valence-electron chi connectivity index (χ4n) is 2.15. The molecule has 0 aliphatic rings. The number of hydrogen-bond donors (Lipinski definition) is 2. The van der Waals surface area contributed by atoms with E-state index < -0.39 is 12.0 Å². The minimum Gasteiger partial charge on any atom is -0.497 e. The summed E-state index contributed by atoms with van der Waals surface area (Å²) in [5.74, 6) is -0.444. The van der Waals surface area contributed by atoms with Crippen molar-refractivity contribution in [3.63, 3.8) is 0 Å². The molecule has 0 aliphatic heterocycles. The summed E-state index contributed by atoms with van der Waals surface area (Å²) in [7, 11) is 1.60. The van der Waals surface area contributed by atoms with Crippen LogP contribution >= 0.6 is 0 Å². The Kier molecular flexibility index (Phi) is 7.07. The molecule has 23 heavy (non-hydrogen) atoms. The van der Waals surface area contributed by atoms with E-state index in [0.717, 1.165) is 17.7 Å². The van der Waals surface area contributed by atoms with Gasteiger partial charge in [-0.25, -0.2) is 4.79 Å². The molecule has 0 saturated heterocycles. The van der Waals surface area contributed by atoms with Crippen molar-refractivity contribution in [1.82, 2.24) is 5.32 Å². The van der Waals surface area contributed by atoms with Crippen LogP contribution in [0.2, 0.25) is 0 Å². The first-order valence-electron chi connectivity index (χ1n) is 7.86. The monoisotopic (exact) mass is 321 g/mol. The third kappa shape index (κ3) is 7.68. The molecule has 0 saturated carbocycles. The molecule has 1 aromatic rings. The molecule has 1 atom stereocenters. The normalized spacial score (nSPS) is 12.5. The van der Waals surface area contributed by atoms with E-state index in [-0.39, 0.29) is 17.7 Å². The lowest BCUT2D eigenvalue weighted by atomic mass is 9.88. The first kappa shape index (κ1) is 19.0. The standard InChI is InChI=1S/C18H27NO4/c1-18(2,3)12-11-15(17(21)22)19-16(20)10-7-13-5-8-14(23-4)9-6-13/h5-6,8-9,15H,7,10-12H2,1-4H3,(H,19,20)(H,21,22).